The molecule has 0 amide bonds. The third kappa shape index (κ3) is 1.59. The van der Waals surface area contributed by atoms with Crippen molar-refractivity contribution in [3.63, 3.8) is 0 Å². The standard InChI is InChI=1S/C9H17NO3/c11-7-3-5-4-10-2-1-6(5)8(12)9(7)13/h5-13H,1-4H2. The minimum atomic E-state index is -0.945. The maximum Gasteiger partial charge on any atom is 0.106 e. The number of aliphatic hydroxyl groups excluding tert-OH is 3. The Kier molecular flexibility index (Phi) is 2.55. The van der Waals surface area contributed by atoms with Crippen molar-refractivity contribution in [1.82, 2.24) is 5.32 Å². The molecule has 5 atom stereocenters. The summed E-state index contributed by atoms with van der Waals surface area (Å²) in [6, 6.07) is 0. The van der Waals surface area contributed by atoms with Crippen molar-refractivity contribution in [2.45, 2.75) is 31.2 Å². The molecular weight excluding hydrogens is 170 g/mol. The van der Waals surface area contributed by atoms with Gasteiger partial charge in [0.2, 0.25) is 0 Å². The lowest BCUT2D eigenvalue weighted by Gasteiger charge is -2.43. The van der Waals surface area contributed by atoms with Crippen molar-refractivity contribution in [2.75, 3.05) is 13.1 Å². The van der Waals surface area contributed by atoms with E-state index in [0.29, 0.717) is 12.3 Å². The molecule has 13 heavy (non-hydrogen) atoms. The van der Waals surface area contributed by atoms with E-state index < -0.39 is 18.3 Å². The molecule has 0 radical (unpaired) electrons. The van der Waals surface area contributed by atoms with Gasteiger partial charge in [-0.2, -0.15) is 0 Å². The molecule has 2 aliphatic rings. The van der Waals surface area contributed by atoms with Crippen LogP contribution in [0.1, 0.15) is 12.8 Å². The van der Waals surface area contributed by atoms with Gasteiger partial charge in [0.05, 0.1) is 12.2 Å². The van der Waals surface area contributed by atoms with E-state index in [9.17, 15) is 15.3 Å². The summed E-state index contributed by atoms with van der Waals surface area (Å²) in [7, 11) is 0. The molecule has 1 saturated heterocycles. The Labute approximate surface area is 77.6 Å². The number of fused-ring (bicyclic) bond motifs is 1. The first kappa shape index (κ1) is 9.40. The largest absolute Gasteiger partial charge is 0.390 e. The van der Waals surface area contributed by atoms with E-state index in [2.05, 4.69) is 5.32 Å². The zero-order valence-electron chi connectivity index (χ0n) is 7.56. The highest BCUT2D eigenvalue weighted by atomic mass is 16.4. The topological polar surface area (TPSA) is 72.7 Å². The lowest BCUT2D eigenvalue weighted by Crippen LogP contribution is -2.55. The fourth-order valence-electron chi connectivity index (χ4n) is 2.58. The second-order valence-electron chi connectivity index (χ2n) is 4.20. The van der Waals surface area contributed by atoms with Crippen molar-refractivity contribution < 1.29 is 15.3 Å². The summed E-state index contributed by atoms with van der Waals surface area (Å²) >= 11 is 0. The molecule has 1 aliphatic heterocycles. The number of hydrogen-bond acceptors (Lipinski definition) is 4. The van der Waals surface area contributed by atoms with Crippen LogP contribution in [0.15, 0.2) is 0 Å². The third-order valence-corrected chi connectivity index (χ3v) is 3.39. The van der Waals surface area contributed by atoms with Gasteiger partial charge in [-0.05, 0) is 37.8 Å². The molecule has 1 heterocycles. The Bertz CT molecular complexity index is 186. The van der Waals surface area contributed by atoms with Crippen LogP contribution in [0.2, 0.25) is 0 Å². The van der Waals surface area contributed by atoms with Crippen molar-refractivity contribution >= 4 is 0 Å². The Hall–Kier alpha value is -0.160. The predicted octanol–water partition coefficient (Wildman–Crippen LogP) is -1.30. The number of rotatable bonds is 0. The minimum Gasteiger partial charge on any atom is -0.390 e. The van der Waals surface area contributed by atoms with Crippen molar-refractivity contribution in [3.8, 4) is 0 Å². The maximum atomic E-state index is 9.71. The first-order valence-corrected chi connectivity index (χ1v) is 4.95. The van der Waals surface area contributed by atoms with Crippen LogP contribution in [0.25, 0.3) is 0 Å². The number of hydrogen-bond donors (Lipinski definition) is 4. The van der Waals surface area contributed by atoms with E-state index in [0.717, 1.165) is 19.5 Å². The summed E-state index contributed by atoms with van der Waals surface area (Å²) in [6.45, 7) is 1.76. The van der Waals surface area contributed by atoms with E-state index in [1.54, 1.807) is 0 Å². The van der Waals surface area contributed by atoms with Crippen LogP contribution in [-0.4, -0.2) is 46.7 Å². The Balaban J connectivity index is 2.08. The summed E-state index contributed by atoms with van der Waals surface area (Å²) in [5.74, 6) is 0.488. The van der Waals surface area contributed by atoms with E-state index in [4.69, 9.17) is 0 Å². The van der Waals surface area contributed by atoms with Gasteiger partial charge in [-0.15, -0.1) is 0 Å². The van der Waals surface area contributed by atoms with E-state index in [-0.39, 0.29) is 5.92 Å². The average molecular weight is 187 g/mol. The maximum absolute atomic E-state index is 9.71. The van der Waals surface area contributed by atoms with Gasteiger partial charge in [0.25, 0.3) is 0 Å². The van der Waals surface area contributed by atoms with Gasteiger partial charge >= 0.3 is 0 Å². The molecule has 4 heteroatoms. The Morgan fingerprint density at radius 3 is 2.62 bits per heavy atom. The molecule has 4 nitrogen and oxygen atoms in total. The highest BCUT2D eigenvalue weighted by molar-refractivity contribution is 4.95. The molecule has 2 fully saturated rings. The van der Waals surface area contributed by atoms with Gasteiger partial charge in [-0.1, -0.05) is 0 Å². The molecule has 1 saturated carbocycles. The van der Waals surface area contributed by atoms with Crippen LogP contribution >= 0.6 is 0 Å². The monoisotopic (exact) mass is 187 g/mol. The lowest BCUT2D eigenvalue weighted by atomic mass is 9.71. The van der Waals surface area contributed by atoms with Crippen LogP contribution < -0.4 is 5.32 Å². The normalized spacial score (nSPS) is 51.5. The average Bonchev–Trinajstić information content (AvgIpc) is 2.15. The fraction of sp³-hybridized carbons (Fsp3) is 1.00. The van der Waals surface area contributed by atoms with Crippen molar-refractivity contribution in [3.05, 3.63) is 0 Å². The first-order chi connectivity index (χ1) is 6.20. The van der Waals surface area contributed by atoms with Gasteiger partial charge in [-0.25, -0.2) is 0 Å². The Morgan fingerprint density at radius 2 is 1.85 bits per heavy atom. The quantitative estimate of drug-likeness (QED) is 0.380. The predicted molar refractivity (Wildman–Crippen MR) is 47.1 cm³/mol. The number of nitrogens with one attached hydrogen (secondary N) is 1. The summed E-state index contributed by atoms with van der Waals surface area (Å²) in [5.41, 5.74) is 0. The molecular formula is C9H17NO3. The van der Waals surface area contributed by atoms with Crippen LogP contribution in [0, 0.1) is 11.8 Å². The van der Waals surface area contributed by atoms with E-state index >= 15 is 0 Å². The highest BCUT2D eigenvalue weighted by Gasteiger charge is 2.43. The molecule has 1 aliphatic carbocycles. The van der Waals surface area contributed by atoms with Crippen molar-refractivity contribution in [1.29, 1.82) is 0 Å². The molecule has 4 N–H and O–H groups in total. The zero-order chi connectivity index (χ0) is 9.42. The highest BCUT2D eigenvalue weighted by Crippen LogP contribution is 2.34. The van der Waals surface area contributed by atoms with Crippen LogP contribution in [0.4, 0.5) is 0 Å². The Morgan fingerprint density at radius 1 is 1.08 bits per heavy atom. The number of aliphatic hydroxyl groups is 3. The van der Waals surface area contributed by atoms with Gasteiger partial charge in [0.15, 0.2) is 0 Å². The van der Waals surface area contributed by atoms with Gasteiger partial charge < -0.3 is 20.6 Å². The SMILES string of the molecule is OC1CC2CNCCC2C(O)C1O. The van der Waals surface area contributed by atoms with Gasteiger partial charge in [-0.3, -0.25) is 0 Å². The molecule has 0 spiro atoms. The van der Waals surface area contributed by atoms with E-state index in [1.807, 2.05) is 0 Å². The molecule has 76 valence electrons. The zero-order valence-corrected chi connectivity index (χ0v) is 7.56. The summed E-state index contributed by atoms with van der Waals surface area (Å²) in [6.07, 6.45) is -0.933. The smallest absolute Gasteiger partial charge is 0.106 e. The first-order valence-electron chi connectivity index (χ1n) is 4.95. The number of piperidine rings is 1. The molecule has 0 aromatic heterocycles. The molecule has 0 aromatic rings. The summed E-state index contributed by atoms with van der Waals surface area (Å²) in [5, 5.41) is 31.9. The van der Waals surface area contributed by atoms with Gasteiger partial charge in [0, 0.05) is 0 Å². The van der Waals surface area contributed by atoms with Crippen molar-refractivity contribution in [2.24, 2.45) is 11.8 Å². The van der Waals surface area contributed by atoms with Gasteiger partial charge in [0.1, 0.15) is 6.10 Å². The van der Waals surface area contributed by atoms with Crippen LogP contribution in [0.3, 0.4) is 0 Å². The lowest BCUT2D eigenvalue weighted by molar-refractivity contribution is -0.135. The molecule has 0 bridgehead atoms. The van der Waals surface area contributed by atoms with Crippen LogP contribution in [0.5, 0.6) is 0 Å². The molecule has 2 rings (SSSR count). The minimum absolute atomic E-state index is 0.166. The van der Waals surface area contributed by atoms with Crippen LogP contribution in [-0.2, 0) is 0 Å². The summed E-state index contributed by atoms with van der Waals surface area (Å²) < 4.78 is 0. The summed E-state index contributed by atoms with van der Waals surface area (Å²) in [4.78, 5) is 0. The second kappa shape index (κ2) is 3.53. The third-order valence-electron chi connectivity index (χ3n) is 3.39. The molecule has 0 aromatic carbocycles. The van der Waals surface area contributed by atoms with E-state index in [1.165, 1.54) is 0 Å². The fourth-order valence-corrected chi connectivity index (χ4v) is 2.58. The second-order valence-corrected chi connectivity index (χ2v) is 4.20. The molecule has 5 unspecified atom stereocenters.